The topological polar surface area (TPSA) is 21.7 Å². The molecule has 0 aromatic carbocycles. The first-order valence-electron chi connectivity index (χ1n) is 9.54. The van der Waals surface area contributed by atoms with E-state index in [0.29, 0.717) is 5.04 Å². The molecule has 24 heavy (non-hydrogen) atoms. The summed E-state index contributed by atoms with van der Waals surface area (Å²) in [6.45, 7) is 24.1. The monoisotopic (exact) mass is 391 g/mol. The molecule has 0 radical (unpaired) electrons. The van der Waals surface area contributed by atoms with Crippen LogP contribution in [0.3, 0.4) is 0 Å². The third kappa shape index (κ3) is 8.27. The lowest BCUT2D eigenvalue weighted by Gasteiger charge is -2.46. The zero-order valence-electron chi connectivity index (χ0n) is 18.5. The summed E-state index contributed by atoms with van der Waals surface area (Å²) in [7, 11) is -0.577. The Bertz CT molecular complexity index is 344. The first-order valence-corrected chi connectivity index (χ1v) is 18.7. The smallest absolute Gasteiger partial charge is 0.186 e. The molecule has 0 aliphatic rings. The molecule has 0 aliphatic heterocycles. The van der Waals surface area contributed by atoms with Gasteiger partial charge in [-0.15, -0.1) is 0 Å². The van der Waals surface area contributed by atoms with Gasteiger partial charge in [-0.1, -0.05) is 33.9 Å². The van der Waals surface area contributed by atoms with Crippen LogP contribution in [0.15, 0.2) is 0 Å². The molecule has 0 fully saturated rings. The van der Waals surface area contributed by atoms with E-state index in [-0.39, 0.29) is 0 Å². The van der Waals surface area contributed by atoms with Gasteiger partial charge in [0.2, 0.25) is 0 Å². The average Bonchev–Trinajstić information content (AvgIpc) is 2.44. The zero-order chi connectivity index (χ0) is 19.2. The van der Waals surface area contributed by atoms with Crippen LogP contribution in [-0.2, 0) is 8.85 Å². The minimum atomic E-state index is -1.46. The van der Waals surface area contributed by atoms with Gasteiger partial charge in [0, 0.05) is 14.2 Å². The van der Waals surface area contributed by atoms with Gasteiger partial charge in [-0.2, -0.15) is 0 Å². The Morgan fingerprint density at radius 3 is 1.29 bits per heavy atom. The van der Waals surface area contributed by atoms with Crippen LogP contribution in [0, 0.1) is 0 Å². The fraction of sp³-hybridized carbons (Fsp3) is 1.00. The van der Waals surface area contributed by atoms with Gasteiger partial charge in [0.25, 0.3) is 0 Å². The van der Waals surface area contributed by atoms with Gasteiger partial charge in [0.05, 0.1) is 0 Å². The van der Waals surface area contributed by atoms with Crippen molar-refractivity contribution in [3.63, 3.8) is 0 Å². The summed E-state index contributed by atoms with van der Waals surface area (Å²) in [6, 6.07) is 2.51. The SMILES string of the molecule is CO[Si](C)(C)CCCN(CCC[Si](C)(C)OC)[Si](C)(C)C(C)(C)C. The summed E-state index contributed by atoms with van der Waals surface area (Å²) in [5.74, 6) is 0. The van der Waals surface area contributed by atoms with Crippen molar-refractivity contribution in [2.24, 2.45) is 0 Å². The van der Waals surface area contributed by atoms with Crippen LogP contribution in [-0.4, -0.2) is 56.7 Å². The van der Waals surface area contributed by atoms with E-state index < -0.39 is 24.9 Å². The quantitative estimate of drug-likeness (QED) is 0.417. The summed E-state index contributed by atoms with van der Waals surface area (Å²) in [5.41, 5.74) is 0. The van der Waals surface area contributed by atoms with E-state index in [4.69, 9.17) is 8.85 Å². The largest absolute Gasteiger partial charge is 0.420 e. The Balaban J connectivity index is 4.85. The highest BCUT2D eigenvalue weighted by atomic mass is 28.4. The molecule has 0 unspecified atom stereocenters. The molecule has 0 N–H and O–H groups in total. The molecule has 0 saturated heterocycles. The zero-order valence-corrected chi connectivity index (χ0v) is 21.5. The van der Waals surface area contributed by atoms with E-state index in [1.165, 1.54) is 38.0 Å². The molecule has 0 spiro atoms. The van der Waals surface area contributed by atoms with Gasteiger partial charge in [-0.3, -0.25) is 0 Å². The van der Waals surface area contributed by atoms with Crippen LogP contribution < -0.4 is 0 Å². The van der Waals surface area contributed by atoms with Crippen molar-refractivity contribution in [3.8, 4) is 0 Å². The van der Waals surface area contributed by atoms with E-state index in [0.717, 1.165) is 0 Å². The van der Waals surface area contributed by atoms with Gasteiger partial charge in [0.1, 0.15) is 8.24 Å². The van der Waals surface area contributed by atoms with Crippen LogP contribution in [0.2, 0.25) is 56.4 Å². The molecule has 0 saturated carbocycles. The number of hydrogen-bond donors (Lipinski definition) is 0. The van der Waals surface area contributed by atoms with E-state index in [1.54, 1.807) is 0 Å². The highest BCUT2D eigenvalue weighted by molar-refractivity contribution is 6.77. The minimum Gasteiger partial charge on any atom is -0.420 e. The van der Waals surface area contributed by atoms with Crippen LogP contribution in [0.4, 0.5) is 0 Å². The van der Waals surface area contributed by atoms with E-state index >= 15 is 0 Å². The van der Waals surface area contributed by atoms with Crippen LogP contribution in [0.1, 0.15) is 33.6 Å². The van der Waals surface area contributed by atoms with Crippen molar-refractivity contribution >= 4 is 24.9 Å². The summed E-state index contributed by atoms with van der Waals surface area (Å²) in [5, 5.41) is 0.398. The van der Waals surface area contributed by atoms with Gasteiger partial charge < -0.3 is 13.4 Å². The molecule has 0 aromatic rings. The Hall–Kier alpha value is 0.531. The molecular formula is C18H45NO2Si3. The van der Waals surface area contributed by atoms with Crippen molar-refractivity contribution in [3.05, 3.63) is 0 Å². The second-order valence-electron chi connectivity index (χ2n) is 9.93. The van der Waals surface area contributed by atoms with Gasteiger partial charge in [0.15, 0.2) is 16.6 Å². The first kappa shape index (κ1) is 24.5. The maximum atomic E-state index is 5.73. The summed E-state index contributed by atoms with van der Waals surface area (Å²) in [6.07, 6.45) is 2.54. The second-order valence-corrected chi connectivity index (χ2v) is 24.0. The predicted octanol–water partition coefficient (Wildman–Crippen LogP) is 5.78. The van der Waals surface area contributed by atoms with Crippen molar-refractivity contribution in [1.29, 1.82) is 0 Å². The van der Waals surface area contributed by atoms with Crippen molar-refractivity contribution in [1.82, 2.24) is 4.57 Å². The summed E-state index contributed by atoms with van der Waals surface area (Å²) < 4.78 is 14.3. The lowest BCUT2D eigenvalue weighted by atomic mass is 10.2. The van der Waals surface area contributed by atoms with E-state index in [1.807, 2.05) is 14.2 Å². The molecule has 0 aromatic heterocycles. The minimum absolute atomic E-state index is 0.398. The number of rotatable bonds is 11. The molecule has 146 valence electrons. The lowest BCUT2D eigenvalue weighted by Crippen LogP contribution is -2.55. The van der Waals surface area contributed by atoms with Gasteiger partial charge in [-0.25, -0.2) is 0 Å². The maximum absolute atomic E-state index is 5.73. The Morgan fingerprint density at radius 1 is 0.708 bits per heavy atom. The second kappa shape index (κ2) is 9.46. The fourth-order valence-electron chi connectivity index (χ4n) is 2.74. The standard InChI is InChI=1S/C18H45NO2Si3/c1-18(2,3)24(10,11)19(14-12-16-22(6,7)20-4)15-13-17-23(8,9)21-5/h12-17H2,1-11H3. The summed E-state index contributed by atoms with van der Waals surface area (Å²) >= 11 is 0. The third-order valence-electron chi connectivity index (χ3n) is 6.14. The summed E-state index contributed by atoms with van der Waals surface area (Å²) in [4.78, 5) is 0. The third-order valence-corrected chi connectivity index (χ3v) is 17.2. The van der Waals surface area contributed by atoms with Crippen molar-refractivity contribution in [2.75, 3.05) is 27.3 Å². The lowest BCUT2D eigenvalue weighted by molar-refractivity contribution is 0.369. The molecule has 3 nitrogen and oxygen atoms in total. The van der Waals surface area contributed by atoms with E-state index in [2.05, 4.69) is 64.6 Å². The van der Waals surface area contributed by atoms with Crippen LogP contribution >= 0.6 is 0 Å². The van der Waals surface area contributed by atoms with Crippen molar-refractivity contribution < 1.29 is 8.85 Å². The molecular weight excluding hydrogens is 346 g/mol. The predicted molar refractivity (Wildman–Crippen MR) is 117 cm³/mol. The molecule has 6 heteroatoms. The van der Waals surface area contributed by atoms with Gasteiger partial charge >= 0.3 is 0 Å². The Morgan fingerprint density at radius 2 is 1.04 bits per heavy atom. The number of nitrogens with zero attached hydrogens (tertiary/aromatic N) is 1. The van der Waals surface area contributed by atoms with Crippen molar-refractivity contribution in [2.45, 2.75) is 90.0 Å². The number of hydrogen-bond acceptors (Lipinski definition) is 3. The maximum Gasteiger partial charge on any atom is 0.186 e. The van der Waals surface area contributed by atoms with Crippen LogP contribution in [0.25, 0.3) is 0 Å². The molecule has 0 heterocycles. The molecule has 0 amide bonds. The van der Waals surface area contributed by atoms with Crippen LogP contribution in [0.5, 0.6) is 0 Å². The first-order chi connectivity index (χ1) is 10.7. The molecule has 0 rings (SSSR count). The Kier molecular flexibility index (Phi) is 9.67. The molecule has 0 aliphatic carbocycles. The highest BCUT2D eigenvalue weighted by Crippen LogP contribution is 2.38. The average molecular weight is 392 g/mol. The fourth-order valence-corrected chi connectivity index (χ4v) is 7.55. The van der Waals surface area contributed by atoms with E-state index in [9.17, 15) is 0 Å². The normalized spacial score (nSPS) is 14.5. The van der Waals surface area contributed by atoms with Gasteiger partial charge in [-0.05, 0) is 69.2 Å². The molecule has 0 bridgehead atoms. The Labute approximate surface area is 155 Å². The highest BCUT2D eigenvalue weighted by Gasteiger charge is 2.40. The molecule has 0 atom stereocenters.